The molecule has 1 aliphatic rings. The first-order valence-corrected chi connectivity index (χ1v) is 4.76. The van der Waals surface area contributed by atoms with Crippen LogP contribution in [-0.2, 0) is 9.53 Å². The molecule has 16 heavy (non-hydrogen) atoms. The van der Waals surface area contributed by atoms with Gasteiger partial charge in [0.25, 0.3) is 0 Å². The van der Waals surface area contributed by atoms with Crippen molar-refractivity contribution in [1.82, 2.24) is 4.90 Å². The van der Waals surface area contributed by atoms with Gasteiger partial charge in [-0.1, -0.05) is 18.2 Å². The molecular weight excluding hydrogens is 210 g/mol. The highest BCUT2D eigenvalue weighted by atomic mass is 16.5. The summed E-state index contributed by atoms with van der Waals surface area (Å²) in [6.07, 6.45) is 9.46. The van der Waals surface area contributed by atoms with E-state index in [4.69, 9.17) is 5.11 Å². The molecule has 86 valence electrons. The fourth-order valence-electron chi connectivity index (χ4n) is 1.34. The number of hydrogen-bond acceptors (Lipinski definition) is 3. The first-order chi connectivity index (χ1) is 7.65. The van der Waals surface area contributed by atoms with Crippen molar-refractivity contribution in [3.05, 3.63) is 36.6 Å². The van der Waals surface area contributed by atoms with Crippen LogP contribution in [0.3, 0.4) is 0 Å². The summed E-state index contributed by atoms with van der Waals surface area (Å²) in [5.41, 5.74) is 0. The second-order valence-corrected chi connectivity index (χ2v) is 3.15. The minimum absolute atomic E-state index is 0.201. The number of carboxylic acids is 1. The molecule has 0 fully saturated rings. The van der Waals surface area contributed by atoms with Crippen molar-refractivity contribution in [2.45, 2.75) is 12.5 Å². The number of allylic oxidation sites excluding steroid dienone is 2. The largest absolute Gasteiger partial charge is 0.478 e. The van der Waals surface area contributed by atoms with Gasteiger partial charge in [-0.3, -0.25) is 4.90 Å². The van der Waals surface area contributed by atoms with E-state index in [0.29, 0.717) is 6.42 Å². The summed E-state index contributed by atoms with van der Waals surface area (Å²) < 4.78 is 4.61. The van der Waals surface area contributed by atoms with Crippen molar-refractivity contribution < 1.29 is 19.4 Å². The second kappa shape index (κ2) is 5.75. The molecule has 5 heteroatoms. The maximum Gasteiger partial charge on any atom is 0.414 e. The quantitative estimate of drug-likeness (QED) is 0.737. The van der Waals surface area contributed by atoms with E-state index in [2.05, 4.69) is 4.74 Å². The second-order valence-electron chi connectivity index (χ2n) is 3.15. The van der Waals surface area contributed by atoms with Gasteiger partial charge in [0, 0.05) is 12.3 Å². The SMILES string of the molecule is COC(=O)N1C=CC=CC1C/C=C/C(=O)O. The molecule has 1 unspecified atom stereocenters. The summed E-state index contributed by atoms with van der Waals surface area (Å²) in [4.78, 5) is 23.0. The standard InChI is InChI=1S/C11H13NO4/c1-16-11(15)12-8-3-2-5-9(12)6-4-7-10(13)14/h2-5,7-9H,6H2,1H3,(H,13,14)/b7-4+. The molecule has 1 aliphatic heterocycles. The van der Waals surface area contributed by atoms with Gasteiger partial charge < -0.3 is 9.84 Å². The lowest BCUT2D eigenvalue weighted by molar-refractivity contribution is -0.131. The third kappa shape index (κ3) is 3.27. The Morgan fingerprint density at radius 2 is 2.25 bits per heavy atom. The number of nitrogens with zero attached hydrogens (tertiary/aromatic N) is 1. The monoisotopic (exact) mass is 223 g/mol. The molecule has 0 aromatic heterocycles. The zero-order chi connectivity index (χ0) is 12.0. The van der Waals surface area contributed by atoms with Crippen molar-refractivity contribution in [2.75, 3.05) is 7.11 Å². The van der Waals surface area contributed by atoms with E-state index in [0.717, 1.165) is 6.08 Å². The molecule has 0 saturated carbocycles. The number of ether oxygens (including phenoxy) is 1. The predicted octanol–water partition coefficient (Wildman–Crippen LogP) is 1.54. The fourth-order valence-corrected chi connectivity index (χ4v) is 1.34. The molecule has 0 aromatic rings. The van der Waals surface area contributed by atoms with Gasteiger partial charge in [-0.25, -0.2) is 9.59 Å². The Bertz CT molecular complexity index is 357. The minimum atomic E-state index is -1.00. The van der Waals surface area contributed by atoms with Crippen molar-refractivity contribution >= 4 is 12.1 Å². The number of aliphatic carboxylic acids is 1. The van der Waals surface area contributed by atoms with Crippen LogP contribution in [0.4, 0.5) is 4.79 Å². The number of rotatable bonds is 3. The van der Waals surface area contributed by atoms with E-state index in [-0.39, 0.29) is 6.04 Å². The van der Waals surface area contributed by atoms with E-state index in [1.807, 2.05) is 6.08 Å². The summed E-state index contributed by atoms with van der Waals surface area (Å²) in [6, 6.07) is -0.201. The first-order valence-electron chi connectivity index (χ1n) is 4.76. The number of methoxy groups -OCH3 is 1. The lowest BCUT2D eigenvalue weighted by Crippen LogP contribution is -2.35. The summed E-state index contributed by atoms with van der Waals surface area (Å²) in [5, 5.41) is 8.44. The van der Waals surface area contributed by atoms with Crippen molar-refractivity contribution in [3.8, 4) is 0 Å². The van der Waals surface area contributed by atoms with Crippen LogP contribution >= 0.6 is 0 Å². The first kappa shape index (κ1) is 12.0. The van der Waals surface area contributed by atoms with Crippen LogP contribution in [0.5, 0.6) is 0 Å². The average molecular weight is 223 g/mol. The van der Waals surface area contributed by atoms with Gasteiger partial charge in [0.1, 0.15) is 0 Å². The Hall–Kier alpha value is -2.04. The summed E-state index contributed by atoms with van der Waals surface area (Å²) in [5.74, 6) is -1.00. The van der Waals surface area contributed by atoms with E-state index in [9.17, 15) is 9.59 Å². The van der Waals surface area contributed by atoms with Gasteiger partial charge in [0.15, 0.2) is 0 Å². The normalized spacial score (nSPS) is 19.1. The van der Waals surface area contributed by atoms with Crippen molar-refractivity contribution in [2.24, 2.45) is 0 Å². The fraction of sp³-hybridized carbons (Fsp3) is 0.273. The van der Waals surface area contributed by atoms with E-state index in [1.54, 1.807) is 18.4 Å². The highest BCUT2D eigenvalue weighted by Gasteiger charge is 2.20. The Balaban J connectivity index is 2.62. The molecule has 0 aliphatic carbocycles. The van der Waals surface area contributed by atoms with Crippen LogP contribution in [0.2, 0.25) is 0 Å². The molecule has 0 bridgehead atoms. The lowest BCUT2D eigenvalue weighted by atomic mass is 10.1. The van der Waals surface area contributed by atoms with Gasteiger partial charge >= 0.3 is 12.1 Å². The van der Waals surface area contributed by atoms with Crippen molar-refractivity contribution in [1.29, 1.82) is 0 Å². The predicted molar refractivity (Wildman–Crippen MR) is 57.7 cm³/mol. The zero-order valence-corrected chi connectivity index (χ0v) is 8.87. The number of carbonyl (C=O) groups is 2. The highest BCUT2D eigenvalue weighted by Crippen LogP contribution is 2.13. The van der Waals surface area contributed by atoms with Crippen LogP contribution in [0.1, 0.15) is 6.42 Å². The lowest BCUT2D eigenvalue weighted by Gasteiger charge is -2.26. The number of carboxylic acid groups (broad SMARTS) is 1. The van der Waals surface area contributed by atoms with E-state index < -0.39 is 12.1 Å². The van der Waals surface area contributed by atoms with Crippen molar-refractivity contribution in [3.63, 3.8) is 0 Å². The molecule has 1 amide bonds. The van der Waals surface area contributed by atoms with Crippen LogP contribution in [-0.4, -0.2) is 35.2 Å². The Morgan fingerprint density at radius 3 is 2.88 bits per heavy atom. The maximum atomic E-state index is 11.4. The molecule has 1 heterocycles. The summed E-state index contributed by atoms with van der Waals surface area (Å²) >= 11 is 0. The third-order valence-electron chi connectivity index (χ3n) is 2.07. The molecule has 5 nitrogen and oxygen atoms in total. The topological polar surface area (TPSA) is 66.8 Å². The van der Waals surface area contributed by atoms with Gasteiger partial charge in [0.2, 0.25) is 0 Å². The van der Waals surface area contributed by atoms with Gasteiger partial charge in [-0.15, -0.1) is 0 Å². The molecule has 1 rings (SSSR count). The van der Waals surface area contributed by atoms with Gasteiger partial charge in [-0.05, 0) is 12.5 Å². The zero-order valence-electron chi connectivity index (χ0n) is 8.87. The Labute approximate surface area is 93.3 Å². The average Bonchev–Trinajstić information content (AvgIpc) is 2.28. The maximum absolute atomic E-state index is 11.4. The number of amides is 1. The summed E-state index contributed by atoms with van der Waals surface area (Å²) in [7, 11) is 1.30. The van der Waals surface area contributed by atoms with Crippen LogP contribution in [0, 0.1) is 0 Å². The molecule has 0 spiro atoms. The van der Waals surface area contributed by atoms with Crippen LogP contribution < -0.4 is 0 Å². The van der Waals surface area contributed by atoms with Gasteiger partial charge in [0.05, 0.1) is 13.2 Å². The summed E-state index contributed by atoms with van der Waals surface area (Å²) in [6.45, 7) is 0. The molecule has 0 saturated heterocycles. The molecule has 1 N–H and O–H groups in total. The number of hydrogen-bond donors (Lipinski definition) is 1. The molecule has 0 aromatic carbocycles. The Kier molecular flexibility index (Phi) is 4.32. The van der Waals surface area contributed by atoms with E-state index in [1.165, 1.54) is 18.1 Å². The smallest absolute Gasteiger partial charge is 0.414 e. The third-order valence-corrected chi connectivity index (χ3v) is 2.07. The Morgan fingerprint density at radius 1 is 1.50 bits per heavy atom. The van der Waals surface area contributed by atoms with Crippen LogP contribution in [0.15, 0.2) is 36.6 Å². The van der Waals surface area contributed by atoms with Crippen LogP contribution in [0.25, 0.3) is 0 Å². The van der Waals surface area contributed by atoms with Gasteiger partial charge in [-0.2, -0.15) is 0 Å². The molecule has 1 atom stereocenters. The highest BCUT2D eigenvalue weighted by molar-refractivity contribution is 5.79. The number of carbonyl (C=O) groups excluding carboxylic acids is 1. The molecular formula is C11H13NO4. The minimum Gasteiger partial charge on any atom is -0.478 e. The molecule has 0 radical (unpaired) electrons. The van der Waals surface area contributed by atoms with E-state index >= 15 is 0 Å².